The van der Waals surface area contributed by atoms with Crippen molar-refractivity contribution in [3.63, 3.8) is 0 Å². The summed E-state index contributed by atoms with van der Waals surface area (Å²) in [6.07, 6.45) is 0. The zero-order valence-electron chi connectivity index (χ0n) is 10.0. The number of rotatable bonds is 3. The maximum absolute atomic E-state index is 9.77. The third-order valence-corrected chi connectivity index (χ3v) is 3.80. The van der Waals surface area contributed by atoms with E-state index in [2.05, 4.69) is 4.90 Å². The molecule has 0 spiro atoms. The number of benzene rings is 1. The van der Waals surface area contributed by atoms with Gasteiger partial charge < -0.3 is 9.84 Å². The van der Waals surface area contributed by atoms with E-state index in [-0.39, 0.29) is 6.61 Å². The number of aliphatic hydroxyl groups excluding tert-OH is 1. The second-order valence-corrected chi connectivity index (χ2v) is 4.92. The van der Waals surface area contributed by atoms with Gasteiger partial charge in [-0.05, 0) is 18.6 Å². The van der Waals surface area contributed by atoms with Crippen molar-refractivity contribution in [3.05, 3.63) is 34.9 Å². The summed E-state index contributed by atoms with van der Waals surface area (Å²) in [5, 5.41) is 10.5. The summed E-state index contributed by atoms with van der Waals surface area (Å²) in [4.78, 5) is 2.23. The predicted molar refractivity (Wildman–Crippen MR) is 68.3 cm³/mol. The summed E-state index contributed by atoms with van der Waals surface area (Å²) in [5.41, 5.74) is 0.549. The van der Waals surface area contributed by atoms with E-state index in [9.17, 15) is 5.11 Å². The molecule has 1 aromatic carbocycles. The third kappa shape index (κ3) is 2.47. The monoisotopic (exact) mass is 255 g/mol. The highest BCUT2D eigenvalue weighted by atomic mass is 35.5. The molecule has 1 fully saturated rings. The van der Waals surface area contributed by atoms with Crippen molar-refractivity contribution in [2.75, 3.05) is 32.9 Å². The molecule has 0 unspecified atom stereocenters. The Kier molecular flexibility index (Phi) is 4.05. The van der Waals surface area contributed by atoms with E-state index < -0.39 is 5.54 Å². The van der Waals surface area contributed by atoms with Crippen LogP contribution in [0.2, 0.25) is 5.02 Å². The zero-order valence-corrected chi connectivity index (χ0v) is 10.8. The fourth-order valence-corrected chi connectivity index (χ4v) is 2.65. The molecular formula is C13H18ClNO2. The van der Waals surface area contributed by atoms with Crippen molar-refractivity contribution in [2.24, 2.45) is 0 Å². The van der Waals surface area contributed by atoms with Gasteiger partial charge in [0.2, 0.25) is 0 Å². The molecule has 0 aromatic heterocycles. The summed E-state index contributed by atoms with van der Waals surface area (Å²) >= 11 is 6.24. The highest BCUT2D eigenvalue weighted by Crippen LogP contribution is 2.33. The average molecular weight is 256 g/mol. The maximum Gasteiger partial charge on any atom is 0.0681 e. The smallest absolute Gasteiger partial charge is 0.0681 e. The SMILES string of the molecule is C[C@](CO)(c1ccccc1Cl)N1CCOCC1. The molecule has 2 rings (SSSR count). The molecule has 0 aliphatic carbocycles. The van der Waals surface area contributed by atoms with Crippen LogP contribution in [0.15, 0.2) is 24.3 Å². The van der Waals surface area contributed by atoms with Crippen LogP contribution in [-0.2, 0) is 10.3 Å². The Morgan fingerprint density at radius 3 is 2.59 bits per heavy atom. The average Bonchev–Trinajstić information content (AvgIpc) is 2.39. The molecule has 1 atom stereocenters. The molecule has 1 aliphatic heterocycles. The molecule has 0 radical (unpaired) electrons. The van der Waals surface area contributed by atoms with Crippen LogP contribution in [0.1, 0.15) is 12.5 Å². The van der Waals surface area contributed by atoms with Crippen LogP contribution >= 0.6 is 11.6 Å². The van der Waals surface area contributed by atoms with E-state index in [1.165, 1.54) is 0 Å². The van der Waals surface area contributed by atoms with Gasteiger partial charge in [0.25, 0.3) is 0 Å². The van der Waals surface area contributed by atoms with Crippen LogP contribution in [0.5, 0.6) is 0 Å². The number of ether oxygens (including phenoxy) is 1. The van der Waals surface area contributed by atoms with Crippen molar-refractivity contribution in [3.8, 4) is 0 Å². The van der Waals surface area contributed by atoms with E-state index in [0.29, 0.717) is 18.2 Å². The molecule has 0 amide bonds. The molecule has 0 saturated carbocycles. The first kappa shape index (κ1) is 12.8. The molecular weight excluding hydrogens is 238 g/mol. The van der Waals surface area contributed by atoms with Gasteiger partial charge >= 0.3 is 0 Å². The number of hydrogen-bond donors (Lipinski definition) is 1. The van der Waals surface area contributed by atoms with E-state index in [4.69, 9.17) is 16.3 Å². The largest absolute Gasteiger partial charge is 0.394 e. The normalized spacial score (nSPS) is 21.1. The highest BCUT2D eigenvalue weighted by molar-refractivity contribution is 6.31. The number of hydrogen-bond acceptors (Lipinski definition) is 3. The number of morpholine rings is 1. The lowest BCUT2D eigenvalue weighted by atomic mass is 9.90. The summed E-state index contributed by atoms with van der Waals surface area (Å²) in [6, 6.07) is 7.71. The Labute approximate surface area is 107 Å². The summed E-state index contributed by atoms with van der Waals surface area (Å²) in [5.74, 6) is 0. The standard InChI is InChI=1S/C13H18ClNO2/c1-13(10-16,15-6-8-17-9-7-15)11-4-2-3-5-12(11)14/h2-5,16H,6-10H2,1H3/t13-/m0/s1. The van der Waals surface area contributed by atoms with E-state index in [0.717, 1.165) is 18.7 Å². The van der Waals surface area contributed by atoms with Gasteiger partial charge in [-0.3, -0.25) is 4.90 Å². The lowest BCUT2D eigenvalue weighted by Gasteiger charge is -2.42. The second kappa shape index (κ2) is 5.36. The molecule has 94 valence electrons. The molecule has 4 heteroatoms. The topological polar surface area (TPSA) is 32.7 Å². The Bertz CT molecular complexity index is 379. The summed E-state index contributed by atoms with van der Waals surface area (Å²) < 4.78 is 5.35. The molecule has 1 aliphatic rings. The van der Waals surface area contributed by atoms with Crippen molar-refractivity contribution in [2.45, 2.75) is 12.5 Å². The van der Waals surface area contributed by atoms with Gasteiger partial charge in [-0.25, -0.2) is 0 Å². The molecule has 1 aromatic rings. The highest BCUT2D eigenvalue weighted by Gasteiger charge is 2.35. The Morgan fingerprint density at radius 2 is 2.00 bits per heavy atom. The first-order valence-corrected chi connectivity index (χ1v) is 6.25. The van der Waals surface area contributed by atoms with Crippen LogP contribution in [0.25, 0.3) is 0 Å². The van der Waals surface area contributed by atoms with E-state index in [1.54, 1.807) is 0 Å². The molecule has 3 nitrogen and oxygen atoms in total. The fraction of sp³-hybridized carbons (Fsp3) is 0.538. The number of aliphatic hydroxyl groups is 1. The first-order chi connectivity index (χ1) is 8.18. The van der Waals surface area contributed by atoms with Gasteiger partial charge in [-0.15, -0.1) is 0 Å². The number of nitrogens with zero attached hydrogens (tertiary/aromatic N) is 1. The maximum atomic E-state index is 9.77. The zero-order chi connectivity index (χ0) is 12.3. The third-order valence-electron chi connectivity index (χ3n) is 3.47. The molecule has 0 bridgehead atoms. The molecule has 17 heavy (non-hydrogen) atoms. The quantitative estimate of drug-likeness (QED) is 0.895. The van der Waals surface area contributed by atoms with Crippen LogP contribution in [0.3, 0.4) is 0 Å². The van der Waals surface area contributed by atoms with Crippen molar-refractivity contribution >= 4 is 11.6 Å². The minimum Gasteiger partial charge on any atom is -0.394 e. The minimum atomic E-state index is -0.428. The van der Waals surface area contributed by atoms with Gasteiger partial charge in [-0.2, -0.15) is 0 Å². The molecule has 1 saturated heterocycles. The lowest BCUT2D eigenvalue weighted by molar-refractivity contribution is -0.0392. The fourth-order valence-electron chi connectivity index (χ4n) is 2.31. The Morgan fingerprint density at radius 1 is 1.35 bits per heavy atom. The Balaban J connectivity index is 2.32. The first-order valence-electron chi connectivity index (χ1n) is 5.87. The van der Waals surface area contributed by atoms with Crippen LogP contribution < -0.4 is 0 Å². The minimum absolute atomic E-state index is 0.0523. The van der Waals surface area contributed by atoms with E-state index >= 15 is 0 Å². The van der Waals surface area contributed by atoms with Gasteiger partial charge in [0.1, 0.15) is 0 Å². The number of halogens is 1. The molecule has 1 N–H and O–H groups in total. The van der Waals surface area contributed by atoms with Crippen LogP contribution in [0, 0.1) is 0 Å². The summed E-state index contributed by atoms with van der Waals surface area (Å²) in [6.45, 7) is 5.14. The van der Waals surface area contributed by atoms with Gasteiger partial charge in [-0.1, -0.05) is 29.8 Å². The Hall–Kier alpha value is -0.610. The van der Waals surface area contributed by atoms with Crippen molar-refractivity contribution in [1.29, 1.82) is 0 Å². The summed E-state index contributed by atoms with van der Waals surface area (Å²) in [7, 11) is 0. The van der Waals surface area contributed by atoms with Crippen molar-refractivity contribution < 1.29 is 9.84 Å². The van der Waals surface area contributed by atoms with Gasteiger partial charge in [0, 0.05) is 18.1 Å². The van der Waals surface area contributed by atoms with Gasteiger partial charge in [0.15, 0.2) is 0 Å². The predicted octanol–water partition coefficient (Wildman–Crippen LogP) is 1.88. The van der Waals surface area contributed by atoms with Crippen LogP contribution in [-0.4, -0.2) is 42.9 Å². The van der Waals surface area contributed by atoms with E-state index in [1.807, 2.05) is 31.2 Å². The lowest BCUT2D eigenvalue weighted by Crippen LogP contribution is -2.51. The van der Waals surface area contributed by atoms with Crippen LogP contribution in [0.4, 0.5) is 0 Å². The van der Waals surface area contributed by atoms with Gasteiger partial charge in [0.05, 0.1) is 25.4 Å². The second-order valence-electron chi connectivity index (χ2n) is 4.51. The van der Waals surface area contributed by atoms with Crippen molar-refractivity contribution in [1.82, 2.24) is 4.90 Å². The molecule has 1 heterocycles.